The Morgan fingerprint density at radius 2 is 2.07 bits per heavy atom. The van der Waals surface area contributed by atoms with Gasteiger partial charge < -0.3 is 20.1 Å². The molecule has 0 radical (unpaired) electrons. The van der Waals surface area contributed by atoms with Crippen LogP contribution in [-0.4, -0.2) is 48.7 Å². The molecule has 0 bridgehead atoms. The summed E-state index contributed by atoms with van der Waals surface area (Å²) in [6.45, 7) is 5.35. The van der Waals surface area contributed by atoms with E-state index in [0.29, 0.717) is 23.6 Å². The van der Waals surface area contributed by atoms with E-state index in [2.05, 4.69) is 10.1 Å². The Balaban J connectivity index is 1.69. The molecule has 0 saturated heterocycles. The van der Waals surface area contributed by atoms with E-state index in [9.17, 15) is 15.3 Å². The minimum atomic E-state index is -1.03. The topological polar surface area (TPSA) is 100 Å². The molecule has 8 heteroatoms. The van der Waals surface area contributed by atoms with Crippen LogP contribution in [0.4, 0.5) is 0 Å². The first-order valence-corrected chi connectivity index (χ1v) is 11.1. The van der Waals surface area contributed by atoms with Crippen molar-refractivity contribution >= 4 is 16.3 Å². The van der Waals surface area contributed by atoms with Crippen LogP contribution >= 0.6 is 11.3 Å². The van der Waals surface area contributed by atoms with Crippen molar-refractivity contribution in [3.63, 3.8) is 0 Å². The van der Waals surface area contributed by atoms with Crippen molar-refractivity contribution in [1.29, 1.82) is 0 Å². The van der Waals surface area contributed by atoms with Gasteiger partial charge in [-0.05, 0) is 63.8 Å². The summed E-state index contributed by atoms with van der Waals surface area (Å²) in [5.41, 5.74) is 1.72. The molecule has 162 valence electrons. The summed E-state index contributed by atoms with van der Waals surface area (Å²) < 4.78 is 7.28. The number of ether oxygens (including phenoxy) is 1. The van der Waals surface area contributed by atoms with Gasteiger partial charge in [0.15, 0.2) is 0 Å². The SMILES string of the molecule is COc1ccc(-c2c(C)nc3sc(C(C)(C)O)nn23)cc1CC(O)CC1(O)CCC1. The summed E-state index contributed by atoms with van der Waals surface area (Å²) in [5.74, 6) is 0.701. The number of aliphatic hydroxyl groups is 3. The molecule has 1 aliphatic carbocycles. The van der Waals surface area contributed by atoms with Crippen molar-refractivity contribution in [2.45, 2.75) is 70.2 Å². The van der Waals surface area contributed by atoms with Gasteiger partial charge in [0, 0.05) is 18.4 Å². The lowest BCUT2D eigenvalue weighted by atomic mass is 9.76. The average Bonchev–Trinajstić information content (AvgIpc) is 3.17. The third-order valence-corrected chi connectivity index (χ3v) is 7.03. The van der Waals surface area contributed by atoms with E-state index < -0.39 is 17.3 Å². The molecule has 1 saturated carbocycles. The van der Waals surface area contributed by atoms with E-state index in [-0.39, 0.29) is 0 Å². The highest BCUT2D eigenvalue weighted by atomic mass is 32.1. The normalized spacial score (nSPS) is 17.2. The van der Waals surface area contributed by atoms with E-state index in [1.165, 1.54) is 11.3 Å². The maximum atomic E-state index is 10.6. The minimum absolute atomic E-state index is 0.372. The fraction of sp³-hybridized carbons (Fsp3) is 0.545. The molecule has 1 atom stereocenters. The Labute approximate surface area is 180 Å². The summed E-state index contributed by atoms with van der Waals surface area (Å²) in [5, 5.41) is 36.5. The van der Waals surface area contributed by atoms with Crippen molar-refractivity contribution in [2.24, 2.45) is 0 Å². The Morgan fingerprint density at radius 3 is 2.67 bits per heavy atom. The Hall–Kier alpha value is -2.00. The predicted octanol–water partition coefficient (Wildman–Crippen LogP) is 3.21. The van der Waals surface area contributed by atoms with Crippen LogP contribution in [0.2, 0.25) is 0 Å². The van der Waals surface area contributed by atoms with E-state index in [0.717, 1.165) is 46.7 Å². The van der Waals surface area contributed by atoms with Crippen LogP contribution in [-0.2, 0) is 12.0 Å². The highest BCUT2D eigenvalue weighted by Gasteiger charge is 2.36. The number of hydrogen-bond acceptors (Lipinski definition) is 7. The number of aromatic nitrogens is 3. The third kappa shape index (κ3) is 3.97. The van der Waals surface area contributed by atoms with Gasteiger partial charge in [-0.25, -0.2) is 9.50 Å². The van der Waals surface area contributed by atoms with Crippen LogP contribution in [0.3, 0.4) is 0 Å². The number of nitrogens with zero attached hydrogens (tertiary/aromatic N) is 3. The lowest BCUT2D eigenvalue weighted by molar-refractivity contribution is -0.0680. The maximum Gasteiger partial charge on any atom is 0.213 e. The molecule has 3 aromatic rings. The quantitative estimate of drug-likeness (QED) is 0.531. The van der Waals surface area contributed by atoms with Crippen molar-refractivity contribution < 1.29 is 20.1 Å². The fourth-order valence-corrected chi connectivity index (χ4v) is 5.01. The third-order valence-electron chi connectivity index (χ3n) is 5.81. The highest BCUT2D eigenvalue weighted by Crippen LogP contribution is 2.37. The highest BCUT2D eigenvalue weighted by molar-refractivity contribution is 7.16. The van der Waals surface area contributed by atoms with Crippen LogP contribution in [0.15, 0.2) is 18.2 Å². The molecule has 1 aromatic carbocycles. The summed E-state index contributed by atoms with van der Waals surface area (Å²) in [4.78, 5) is 5.34. The maximum absolute atomic E-state index is 10.6. The molecule has 30 heavy (non-hydrogen) atoms. The Bertz CT molecular complexity index is 1060. The molecular weight excluding hydrogens is 402 g/mol. The number of fused-ring (bicyclic) bond motifs is 1. The van der Waals surface area contributed by atoms with E-state index in [4.69, 9.17) is 4.74 Å². The molecule has 0 spiro atoms. The number of rotatable bonds is 7. The zero-order valence-electron chi connectivity index (χ0n) is 17.8. The number of methoxy groups -OCH3 is 1. The molecule has 4 rings (SSSR count). The first kappa shape index (κ1) is 21.2. The van der Waals surface area contributed by atoms with Crippen molar-refractivity contribution in [1.82, 2.24) is 14.6 Å². The summed E-state index contributed by atoms with van der Waals surface area (Å²) in [6.07, 6.45) is 2.64. The van der Waals surface area contributed by atoms with Crippen LogP contribution in [0.1, 0.15) is 55.8 Å². The van der Waals surface area contributed by atoms with E-state index in [1.807, 2.05) is 25.1 Å². The van der Waals surface area contributed by atoms with Gasteiger partial charge in [-0.15, -0.1) is 0 Å². The van der Waals surface area contributed by atoms with E-state index in [1.54, 1.807) is 25.5 Å². The van der Waals surface area contributed by atoms with Gasteiger partial charge in [-0.3, -0.25) is 0 Å². The second-order valence-electron chi connectivity index (χ2n) is 8.87. The van der Waals surface area contributed by atoms with E-state index >= 15 is 0 Å². The smallest absolute Gasteiger partial charge is 0.213 e. The first-order chi connectivity index (χ1) is 14.1. The fourth-order valence-electron chi connectivity index (χ4n) is 4.07. The second-order valence-corrected chi connectivity index (χ2v) is 9.83. The number of benzene rings is 1. The van der Waals surface area contributed by atoms with Gasteiger partial charge in [0.25, 0.3) is 0 Å². The van der Waals surface area contributed by atoms with Gasteiger partial charge in [-0.1, -0.05) is 11.3 Å². The Morgan fingerprint density at radius 1 is 1.33 bits per heavy atom. The molecule has 1 fully saturated rings. The van der Waals surface area contributed by atoms with Crippen LogP contribution in [0.5, 0.6) is 5.75 Å². The lowest BCUT2D eigenvalue weighted by Crippen LogP contribution is -2.40. The average molecular weight is 432 g/mol. The monoisotopic (exact) mass is 431 g/mol. The molecular formula is C22H29N3O4S. The number of hydrogen-bond donors (Lipinski definition) is 3. The number of aliphatic hydroxyl groups excluding tert-OH is 1. The molecule has 3 N–H and O–H groups in total. The zero-order chi connectivity index (χ0) is 21.7. The second kappa shape index (κ2) is 7.60. The van der Waals surface area contributed by atoms with Gasteiger partial charge in [0.05, 0.1) is 30.2 Å². The summed E-state index contributed by atoms with van der Waals surface area (Å²) in [6, 6.07) is 5.83. The van der Waals surface area contributed by atoms with Crippen molar-refractivity contribution in [3.05, 3.63) is 34.5 Å². The Kier molecular flexibility index (Phi) is 5.38. The molecule has 1 aliphatic rings. The summed E-state index contributed by atoms with van der Waals surface area (Å²) in [7, 11) is 1.61. The minimum Gasteiger partial charge on any atom is -0.496 e. The van der Waals surface area contributed by atoms with Crippen molar-refractivity contribution in [2.75, 3.05) is 7.11 Å². The molecule has 0 amide bonds. The molecule has 1 unspecified atom stereocenters. The number of aryl methyl sites for hydroxylation is 1. The number of imidazole rings is 1. The van der Waals surface area contributed by atoms with Gasteiger partial charge in [0.1, 0.15) is 16.4 Å². The van der Waals surface area contributed by atoms with Crippen LogP contribution < -0.4 is 4.74 Å². The van der Waals surface area contributed by atoms with Crippen LogP contribution in [0, 0.1) is 6.92 Å². The summed E-state index contributed by atoms with van der Waals surface area (Å²) >= 11 is 1.37. The molecule has 2 aromatic heterocycles. The first-order valence-electron chi connectivity index (χ1n) is 10.3. The van der Waals surface area contributed by atoms with Gasteiger partial charge in [-0.2, -0.15) is 5.10 Å². The predicted molar refractivity (Wildman–Crippen MR) is 116 cm³/mol. The largest absolute Gasteiger partial charge is 0.496 e. The van der Waals surface area contributed by atoms with Crippen LogP contribution in [0.25, 0.3) is 16.2 Å². The standard InChI is InChI=1S/C22H29N3O4S/c1-13-18(25-20(23-13)30-19(24-25)21(2,3)27)14-6-7-17(29-4)15(10-14)11-16(26)12-22(28)8-5-9-22/h6-7,10,16,26-28H,5,8-9,11-12H2,1-4H3. The zero-order valence-corrected chi connectivity index (χ0v) is 18.7. The van der Waals surface area contributed by atoms with Gasteiger partial charge in [0.2, 0.25) is 4.96 Å². The van der Waals surface area contributed by atoms with Gasteiger partial charge >= 0.3 is 0 Å². The molecule has 2 heterocycles. The van der Waals surface area contributed by atoms with Crippen molar-refractivity contribution in [3.8, 4) is 17.0 Å². The molecule has 0 aliphatic heterocycles. The molecule has 7 nitrogen and oxygen atoms in total. The lowest BCUT2D eigenvalue weighted by Gasteiger charge is -2.38.